The molecule has 0 radical (unpaired) electrons. The summed E-state index contributed by atoms with van der Waals surface area (Å²) in [5.74, 6) is -1.24. The van der Waals surface area contributed by atoms with Gasteiger partial charge in [-0.1, -0.05) is 226 Å². The zero-order valence-corrected chi connectivity index (χ0v) is 47.8. The molecule has 434 valence electrons. The molecule has 76 heavy (non-hydrogen) atoms. The molecule has 8 unspecified atom stereocenters. The molecule has 0 aromatic heterocycles. The van der Waals surface area contributed by atoms with E-state index in [2.05, 4.69) is 123 Å². The molecule has 1 fully saturated rings. The number of amides is 1. The Morgan fingerprint density at radius 1 is 0.526 bits per heavy atom. The molecule has 0 saturated carbocycles. The summed E-state index contributed by atoms with van der Waals surface area (Å²) in [4.78, 5) is 26.5. The topological polar surface area (TPSA) is 175 Å². The largest absolute Gasteiger partial charge is 0.454 e. The van der Waals surface area contributed by atoms with Crippen LogP contribution in [0.15, 0.2) is 109 Å². The van der Waals surface area contributed by atoms with Crippen LogP contribution in [0, 0.1) is 0 Å². The first-order chi connectivity index (χ1) is 37.2. The predicted octanol–water partition coefficient (Wildman–Crippen LogP) is 14.1. The first kappa shape index (κ1) is 70.3. The van der Waals surface area contributed by atoms with Crippen LogP contribution in [0.4, 0.5) is 0 Å². The van der Waals surface area contributed by atoms with Crippen molar-refractivity contribution in [2.45, 2.75) is 275 Å². The van der Waals surface area contributed by atoms with Gasteiger partial charge in [-0.2, -0.15) is 0 Å². The van der Waals surface area contributed by atoms with E-state index in [9.17, 15) is 35.1 Å². The summed E-state index contributed by atoms with van der Waals surface area (Å²) in [7, 11) is 0. The molecule has 0 aromatic carbocycles. The van der Waals surface area contributed by atoms with Gasteiger partial charge in [-0.15, -0.1) is 0 Å². The van der Waals surface area contributed by atoms with Gasteiger partial charge in [-0.3, -0.25) is 9.59 Å². The van der Waals surface area contributed by atoms with Crippen LogP contribution < -0.4 is 5.32 Å². The Morgan fingerprint density at radius 3 is 1.42 bits per heavy atom. The molecule has 1 heterocycles. The summed E-state index contributed by atoms with van der Waals surface area (Å²) in [6.07, 6.45) is 59.9. The third-order valence-electron chi connectivity index (χ3n) is 13.4. The molecule has 1 aliphatic rings. The third-order valence-corrected chi connectivity index (χ3v) is 13.4. The van der Waals surface area contributed by atoms with Crippen LogP contribution in [0.2, 0.25) is 0 Å². The lowest BCUT2D eigenvalue weighted by Gasteiger charge is -2.41. The molecule has 0 bridgehead atoms. The number of esters is 1. The molecular formula is C65H109NO10. The monoisotopic (exact) mass is 1060 g/mol. The van der Waals surface area contributed by atoms with Gasteiger partial charge in [0.1, 0.15) is 24.4 Å². The second kappa shape index (κ2) is 52.0. The Labute approximate surface area is 462 Å². The van der Waals surface area contributed by atoms with E-state index in [0.717, 1.165) is 141 Å². The molecule has 0 spiro atoms. The maximum absolute atomic E-state index is 13.4. The van der Waals surface area contributed by atoms with Crippen molar-refractivity contribution >= 4 is 11.9 Å². The highest BCUT2D eigenvalue weighted by atomic mass is 16.7. The number of nitrogens with one attached hydrogen (secondary N) is 1. The van der Waals surface area contributed by atoms with Crippen molar-refractivity contribution in [2.24, 2.45) is 0 Å². The van der Waals surface area contributed by atoms with Crippen molar-refractivity contribution in [1.29, 1.82) is 0 Å². The molecule has 1 aliphatic heterocycles. The summed E-state index contributed by atoms with van der Waals surface area (Å²) >= 11 is 0. The van der Waals surface area contributed by atoms with E-state index in [4.69, 9.17) is 14.2 Å². The Hall–Kier alpha value is -3.68. The predicted molar refractivity (Wildman–Crippen MR) is 315 cm³/mol. The molecule has 11 heteroatoms. The summed E-state index contributed by atoms with van der Waals surface area (Å²) in [6, 6.07) is -1.04. The Morgan fingerprint density at radius 2 is 0.947 bits per heavy atom. The number of hydrogen-bond acceptors (Lipinski definition) is 10. The summed E-state index contributed by atoms with van der Waals surface area (Å²) < 4.78 is 17.6. The van der Waals surface area contributed by atoms with E-state index >= 15 is 0 Å². The van der Waals surface area contributed by atoms with Gasteiger partial charge < -0.3 is 45.1 Å². The van der Waals surface area contributed by atoms with Crippen LogP contribution in [0.3, 0.4) is 0 Å². The first-order valence-electron chi connectivity index (χ1n) is 30.2. The quantitative estimate of drug-likeness (QED) is 0.0195. The van der Waals surface area contributed by atoms with E-state index in [1.54, 1.807) is 6.08 Å². The molecule has 11 nitrogen and oxygen atoms in total. The molecule has 8 atom stereocenters. The molecule has 1 saturated heterocycles. The minimum absolute atomic E-state index is 0.101. The molecule has 1 rings (SSSR count). The maximum Gasteiger partial charge on any atom is 0.306 e. The van der Waals surface area contributed by atoms with Crippen molar-refractivity contribution in [3.63, 3.8) is 0 Å². The fourth-order valence-corrected chi connectivity index (χ4v) is 8.69. The molecule has 0 aliphatic carbocycles. The van der Waals surface area contributed by atoms with Crippen LogP contribution in [-0.4, -0.2) is 99.6 Å². The van der Waals surface area contributed by atoms with E-state index in [-0.39, 0.29) is 19.4 Å². The van der Waals surface area contributed by atoms with Crippen LogP contribution in [0.1, 0.15) is 226 Å². The van der Waals surface area contributed by atoms with Crippen molar-refractivity contribution < 1.29 is 49.3 Å². The van der Waals surface area contributed by atoms with Crippen molar-refractivity contribution in [1.82, 2.24) is 5.32 Å². The Bertz CT molecular complexity index is 1650. The summed E-state index contributed by atoms with van der Waals surface area (Å²) in [5, 5.41) is 56.8. The normalized spacial score (nSPS) is 19.9. The van der Waals surface area contributed by atoms with Crippen molar-refractivity contribution in [3.05, 3.63) is 109 Å². The van der Waals surface area contributed by atoms with Gasteiger partial charge in [-0.25, -0.2) is 0 Å². The van der Waals surface area contributed by atoms with Gasteiger partial charge in [0, 0.05) is 6.42 Å². The lowest BCUT2D eigenvalue weighted by molar-refractivity contribution is -0.305. The van der Waals surface area contributed by atoms with E-state index < -0.39 is 67.4 Å². The summed E-state index contributed by atoms with van der Waals surface area (Å²) in [5.41, 5.74) is 0. The third kappa shape index (κ3) is 39.6. The number of unbranched alkanes of at least 4 members (excludes halogenated alkanes) is 19. The minimum atomic E-state index is -1.63. The number of rotatable bonds is 49. The number of carbonyl (C=O) groups excluding carboxylic acids is 2. The Balaban J connectivity index is 2.66. The zero-order chi connectivity index (χ0) is 55.4. The van der Waals surface area contributed by atoms with Crippen LogP contribution in [0.25, 0.3) is 0 Å². The minimum Gasteiger partial charge on any atom is -0.454 e. The van der Waals surface area contributed by atoms with Crippen LogP contribution >= 0.6 is 0 Å². The highest BCUT2D eigenvalue weighted by molar-refractivity contribution is 5.80. The van der Waals surface area contributed by atoms with E-state index in [0.29, 0.717) is 12.8 Å². The molecule has 1 amide bonds. The first-order valence-corrected chi connectivity index (χ1v) is 30.2. The standard InChI is InChI=1S/C65H109NO10/c1-4-7-10-13-16-19-22-24-25-26-27-28-29-30-31-32-33-35-38-41-44-47-50-53-60(70)76-63-62(72)61(71)59(54-67)75-65(63)74-55-56(57(68)51-48-45-42-39-36-21-18-15-12-9-6-3)66-64(73)58(69)52-49-46-43-40-37-34-23-20-17-14-11-8-5-2/h7-8,10-11,16-17,19-20,24-25,27-28,30-31,34,37,48,51,56-59,61-63,65,67-69,71-72H,4-6,9,12-15,18,21-23,26,29,32-33,35-36,38-47,49-50,52-55H2,1-3H3,(H,66,73)/b10-7-,11-8+,19-16-,20-17+,25-24-,28-27-,31-30-,37-34+,51-48+. The van der Waals surface area contributed by atoms with Gasteiger partial charge in [0.05, 0.1) is 25.4 Å². The van der Waals surface area contributed by atoms with Gasteiger partial charge in [0.2, 0.25) is 5.91 Å². The van der Waals surface area contributed by atoms with Gasteiger partial charge in [-0.05, 0) is 103 Å². The molecular weight excluding hydrogens is 955 g/mol. The number of hydrogen-bond donors (Lipinski definition) is 6. The number of ether oxygens (including phenoxy) is 3. The molecule has 6 N–H and O–H groups in total. The molecule has 0 aromatic rings. The second-order valence-electron chi connectivity index (χ2n) is 20.3. The number of aliphatic hydroxyl groups excluding tert-OH is 5. The lowest BCUT2D eigenvalue weighted by atomic mass is 9.99. The van der Waals surface area contributed by atoms with Gasteiger partial charge in [0.25, 0.3) is 0 Å². The van der Waals surface area contributed by atoms with Gasteiger partial charge in [0.15, 0.2) is 12.4 Å². The second-order valence-corrected chi connectivity index (χ2v) is 20.3. The Kier molecular flexibility index (Phi) is 48.2. The average Bonchev–Trinajstić information content (AvgIpc) is 3.42. The number of carbonyl (C=O) groups is 2. The maximum atomic E-state index is 13.4. The highest BCUT2D eigenvalue weighted by Gasteiger charge is 2.47. The van der Waals surface area contributed by atoms with Crippen LogP contribution in [-0.2, 0) is 23.8 Å². The number of aliphatic hydroxyl groups is 5. The van der Waals surface area contributed by atoms with Gasteiger partial charge >= 0.3 is 5.97 Å². The summed E-state index contributed by atoms with van der Waals surface area (Å²) in [6.45, 7) is 5.51. The fourth-order valence-electron chi connectivity index (χ4n) is 8.69. The SMILES string of the molecule is CC/C=C\C/C=C\C/C=C\C/C=C\C/C=C\CCCCCCCCCC(=O)OC1C(OCC(NC(=O)C(O)CCCCC/C=C/C/C=C/C/C=C/CC)C(O)/C=C/CCCCCCCCCCC)OC(CO)C(O)C1O. The van der Waals surface area contributed by atoms with E-state index in [1.807, 2.05) is 6.08 Å². The van der Waals surface area contributed by atoms with E-state index in [1.165, 1.54) is 38.5 Å². The zero-order valence-electron chi connectivity index (χ0n) is 47.8. The lowest BCUT2D eigenvalue weighted by Crippen LogP contribution is -2.61. The number of allylic oxidation sites excluding steroid dienone is 17. The van der Waals surface area contributed by atoms with Crippen molar-refractivity contribution in [2.75, 3.05) is 13.2 Å². The fraction of sp³-hybridized carbons (Fsp3) is 0.692. The average molecular weight is 1060 g/mol. The smallest absolute Gasteiger partial charge is 0.306 e. The highest BCUT2D eigenvalue weighted by Crippen LogP contribution is 2.26. The van der Waals surface area contributed by atoms with Crippen molar-refractivity contribution in [3.8, 4) is 0 Å². The van der Waals surface area contributed by atoms with Crippen LogP contribution in [0.5, 0.6) is 0 Å².